The summed E-state index contributed by atoms with van der Waals surface area (Å²) in [6.07, 6.45) is 36.8. The highest BCUT2D eigenvalue weighted by atomic mass is 16.5. The van der Waals surface area contributed by atoms with Gasteiger partial charge in [-0.1, -0.05) is 156 Å². The maximum Gasteiger partial charge on any atom is 0.306 e. The summed E-state index contributed by atoms with van der Waals surface area (Å²) in [5.74, 6) is 6.18. The summed E-state index contributed by atoms with van der Waals surface area (Å²) in [5.41, 5.74) is 2.52. The number of fused-ring (bicyclic) bond motifs is 5. The quantitative estimate of drug-likeness (QED) is 0.0653. The minimum absolute atomic E-state index is 0.0648. The third-order valence-corrected chi connectivity index (χ3v) is 15.3. The fourth-order valence-corrected chi connectivity index (χ4v) is 12.1. The molecule has 0 aromatic heterocycles. The average molecular weight is 667 g/mol. The molecule has 278 valence electrons. The van der Waals surface area contributed by atoms with Crippen LogP contribution in [-0.4, -0.2) is 12.1 Å². The third-order valence-electron chi connectivity index (χ3n) is 15.3. The van der Waals surface area contributed by atoms with Gasteiger partial charge in [0, 0.05) is 12.8 Å². The van der Waals surface area contributed by atoms with Crippen LogP contribution in [0.4, 0.5) is 0 Å². The summed E-state index contributed by atoms with van der Waals surface area (Å²) < 4.78 is 6.14. The van der Waals surface area contributed by atoms with E-state index in [4.69, 9.17) is 4.74 Å². The van der Waals surface area contributed by atoms with Crippen LogP contribution in [0.15, 0.2) is 11.6 Å². The number of rotatable bonds is 22. The Morgan fingerprint density at radius 3 is 2.00 bits per heavy atom. The van der Waals surface area contributed by atoms with Gasteiger partial charge in [-0.2, -0.15) is 0 Å². The van der Waals surface area contributed by atoms with Gasteiger partial charge in [0.25, 0.3) is 0 Å². The second-order valence-corrected chi connectivity index (χ2v) is 18.7. The average Bonchev–Trinajstić information content (AvgIpc) is 3.42. The molecular formula is C46H82O2. The van der Waals surface area contributed by atoms with E-state index in [1.165, 1.54) is 141 Å². The molecule has 0 aromatic rings. The fraction of sp³-hybridized carbons (Fsp3) is 0.935. The van der Waals surface area contributed by atoms with E-state index in [0.717, 1.165) is 60.7 Å². The molecular weight excluding hydrogens is 585 g/mol. The van der Waals surface area contributed by atoms with Crippen molar-refractivity contribution in [3.05, 3.63) is 11.6 Å². The van der Waals surface area contributed by atoms with Gasteiger partial charge in [0.15, 0.2) is 0 Å². The molecule has 0 radical (unpaired) electrons. The Kier molecular flexibility index (Phi) is 16.4. The first kappa shape index (κ1) is 40.0. The van der Waals surface area contributed by atoms with Crippen molar-refractivity contribution in [1.82, 2.24) is 0 Å². The Morgan fingerprint density at radius 1 is 0.771 bits per heavy atom. The van der Waals surface area contributed by atoms with Crippen LogP contribution in [0.2, 0.25) is 0 Å². The maximum atomic E-state index is 12.8. The molecule has 0 spiro atoms. The van der Waals surface area contributed by atoms with Crippen LogP contribution in [-0.2, 0) is 9.53 Å². The molecule has 2 heteroatoms. The highest BCUT2D eigenvalue weighted by Gasteiger charge is 2.59. The Morgan fingerprint density at radius 2 is 1.40 bits per heavy atom. The van der Waals surface area contributed by atoms with Crippen LogP contribution in [0.25, 0.3) is 0 Å². The molecule has 3 fully saturated rings. The number of hydrogen-bond donors (Lipinski definition) is 0. The molecule has 0 saturated heterocycles. The zero-order chi connectivity index (χ0) is 34.6. The van der Waals surface area contributed by atoms with Crippen molar-refractivity contribution in [2.45, 2.75) is 222 Å². The smallest absolute Gasteiger partial charge is 0.306 e. The van der Waals surface area contributed by atoms with Gasteiger partial charge in [0.05, 0.1) is 0 Å². The van der Waals surface area contributed by atoms with E-state index in [0.29, 0.717) is 17.3 Å². The lowest BCUT2D eigenvalue weighted by Gasteiger charge is -2.58. The van der Waals surface area contributed by atoms with E-state index >= 15 is 0 Å². The summed E-state index contributed by atoms with van der Waals surface area (Å²) in [5, 5.41) is 0. The number of carbonyl (C=O) groups excluding carboxylic acids is 1. The number of esters is 1. The standard InChI is InChI=1S/C46H82O2/c1-8-10-11-12-13-14-15-16-17-18-19-20-21-22-23-44(47)48-39-30-32-45(6)38(34-39)26-27-40-42-29-28-41(46(42,7)33-31-43(40)45)36(5)24-25-37(9-2)35(3)4/h26,35-37,39-43H,8-25,27-34H2,1-7H3/t36-,37-,39-,40+,41-,42+,43+,45+,46-/m1/s1. The van der Waals surface area contributed by atoms with Crippen LogP contribution < -0.4 is 0 Å². The van der Waals surface area contributed by atoms with Gasteiger partial charge in [0.1, 0.15) is 6.10 Å². The molecule has 4 rings (SSSR count). The minimum Gasteiger partial charge on any atom is -0.462 e. The van der Waals surface area contributed by atoms with Crippen molar-refractivity contribution in [2.75, 3.05) is 0 Å². The van der Waals surface area contributed by atoms with Crippen molar-refractivity contribution < 1.29 is 9.53 Å². The van der Waals surface area contributed by atoms with Gasteiger partial charge in [-0.3, -0.25) is 4.79 Å². The number of carbonyl (C=O) groups is 1. The minimum atomic E-state index is 0.0648. The van der Waals surface area contributed by atoms with Crippen LogP contribution in [0.3, 0.4) is 0 Å². The van der Waals surface area contributed by atoms with Gasteiger partial charge >= 0.3 is 5.97 Å². The van der Waals surface area contributed by atoms with E-state index in [2.05, 4.69) is 54.5 Å². The second kappa shape index (κ2) is 19.7. The normalized spacial score (nSPS) is 32.7. The molecule has 0 N–H and O–H groups in total. The first-order valence-corrected chi connectivity index (χ1v) is 22.0. The number of unbranched alkanes of at least 4 members (excludes halogenated alkanes) is 13. The largest absolute Gasteiger partial charge is 0.462 e. The van der Waals surface area contributed by atoms with E-state index < -0.39 is 0 Å². The van der Waals surface area contributed by atoms with E-state index in [1.807, 2.05) is 0 Å². The van der Waals surface area contributed by atoms with Gasteiger partial charge in [-0.05, 0) is 110 Å². The molecule has 0 amide bonds. The van der Waals surface area contributed by atoms with Crippen LogP contribution in [0, 0.1) is 52.3 Å². The molecule has 0 bridgehead atoms. The van der Waals surface area contributed by atoms with Crippen LogP contribution >= 0.6 is 0 Å². The van der Waals surface area contributed by atoms with Crippen molar-refractivity contribution in [2.24, 2.45) is 52.3 Å². The molecule has 9 atom stereocenters. The summed E-state index contributed by atoms with van der Waals surface area (Å²) >= 11 is 0. The lowest BCUT2D eigenvalue weighted by molar-refractivity contribution is -0.151. The number of hydrogen-bond acceptors (Lipinski definition) is 2. The maximum absolute atomic E-state index is 12.8. The lowest BCUT2D eigenvalue weighted by atomic mass is 9.47. The van der Waals surface area contributed by atoms with Gasteiger partial charge in [0.2, 0.25) is 0 Å². The number of allylic oxidation sites excluding steroid dienone is 1. The molecule has 3 saturated carbocycles. The van der Waals surface area contributed by atoms with E-state index in [1.54, 1.807) is 5.57 Å². The summed E-state index contributed by atoms with van der Waals surface area (Å²) in [7, 11) is 0. The van der Waals surface area contributed by atoms with Crippen molar-refractivity contribution in [1.29, 1.82) is 0 Å². The second-order valence-electron chi connectivity index (χ2n) is 18.7. The van der Waals surface area contributed by atoms with Gasteiger partial charge in [-0.15, -0.1) is 0 Å². The molecule has 0 heterocycles. The molecule has 0 aromatic carbocycles. The Bertz CT molecular complexity index is 965. The predicted octanol–water partition coefficient (Wildman–Crippen LogP) is 14.4. The van der Waals surface area contributed by atoms with Crippen molar-refractivity contribution in [3.8, 4) is 0 Å². The van der Waals surface area contributed by atoms with Crippen molar-refractivity contribution in [3.63, 3.8) is 0 Å². The SMILES string of the molecule is CCCCCCCCCCCCCCCCC(=O)O[C@@H]1CC[C@@]2(C)C(=CC[C@H]3[C@@H]4CC[C@H]([C@H](C)CC[C@@H](CC)C(C)C)[C@@]4(C)CC[C@@H]32)C1. The summed E-state index contributed by atoms with van der Waals surface area (Å²) in [6, 6.07) is 0. The highest BCUT2D eigenvalue weighted by molar-refractivity contribution is 5.69. The molecule has 0 aliphatic heterocycles. The molecule has 0 unspecified atom stereocenters. The number of ether oxygens (including phenoxy) is 1. The van der Waals surface area contributed by atoms with E-state index in [9.17, 15) is 4.79 Å². The molecule has 48 heavy (non-hydrogen) atoms. The molecule has 4 aliphatic rings. The Balaban J connectivity index is 1.14. The zero-order valence-corrected chi connectivity index (χ0v) is 33.4. The monoisotopic (exact) mass is 667 g/mol. The van der Waals surface area contributed by atoms with Crippen LogP contribution in [0.1, 0.15) is 215 Å². The highest BCUT2D eigenvalue weighted by Crippen LogP contribution is 2.67. The van der Waals surface area contributed by atoms with Gasteiger partial charge < -0.3 is 4.74 Å². The topological polar surface area (TPSA) is 26.3 Å². The molecule has 2 nitrogen and oxygen atoms in total. The Labute approximate surface area is 300 Å². The zero-order valence-electron chi connectivity index (χ0n) is 33.4. The first-order chi connectivity index (χ1) is 23.1. The van der Waals surface area contributed by atoms with E-state index in [-0.39, 0.29) is 12.1 Å². The van der Waals surface area contributed by atoms with Gasteiger partial charge in [-0.25, -0.2) is 0 Å². The van der Waals surface area contributed by atoms with Crippen LogP contribution in [0.5, 0.6) is 0 Å². The third kappa shape index (κ3) is 10.4. The molecule has 4 aliphatic carbocycles. The summed E-state index contributed by atoms with van der Waals surface area (Å²) in [4.78, 5) is 12.8. The Hall–Kier alpha value is -0.790. The first-order valence-electron chi connectivity index (χ1n) is 22.0. The lowest BCUT2D eigenvalue weighted by Crippen LogP contribution is -2.51. The van der Waals surface area contributed by atoms with Crippen molar-refractivity contribution >= 4 is 5.97 Å². The fourth-order valence-electron chi connectivity index (χ4n) is 12.1. The predicted molar refractivity (Wildman–Crippen MR) is 207 cm³/mol. The summed E-state index contributed by atoms with van der Waals surface area (Å²) in [6.45, 7) is 17.5.